The molecule has 0 aromatic carbocycles. The van der Waals surface area contributed by atoms with E-state index in [0.717, 1.165) is 10.6 Å². The Morgan fingerprint density at radius 1 is 1.67 bits per heavy atom. The summed E-state index contributed by atoms with van der Waals surface area (Å²) in [6, 6.07) is 0. The topological polar surface area (TPSA) is 46.3 Å². The Bertz CT molecular complexity index is 334. The summed E-state index contributed by atoms with van der Waals surface area (Å²) in [5.41, 5.74) is 1.14. The van der Waals surface area contributed by atoms with Gasteiger partial charge in [0, 0.05) is 26.4 Å². The monoisotopic (exact) mass is 337 g/mol. The second-order valence-electron chi connectivity index (χ2n) is 4.02. The van der Waals surface area contributed by atoms with Crippen LogP contribution in [-0.4, -0.2) is 50.0 Å². The fourth-order valence-electron chi connectivity index (χ4n) is 1.43. The van der Waals surface area contributed by atoms with Crippen LogP contribution in [0, 0.1) is 0 Å². The summed E-state index contributed by atoms with van der Waals surface area (Å²) in [5, 5.41) is 2.05. The summed E-state index contributed by atoms with van der Waals surface area (Å²) in [6.45, 7) is 4.58. The van der Waals surface area contributed by atoms with E-state index in [1.807, 2.05) is 38.3 Å². The third kappa shape index (κ3) is 5.41. The van der Waals surface area contributed by atoms with Gasteiger partial charge in [-0.2, -0.15) is 0 Å². The highest BCUT2D eigenvalue weighted by molar-refractivity contribution is 8.02. The van der Waals surface area contributed by atoms with E-state index in [2.05, 4.69) is 4.99 Å². The van der Waals surface area contributed by atoms with Gasteiger partial charge >= 0.3 is 5.97 Å². The highest BCUT2D eigenvalue weighted by atomic mass is 79.9. The molecule has 1 aliphatic rings. The van der Waals surface area contributed by atoms with E-state index in [1.54, 1.807) is 18.1 Å². The minimum atomic E-state index is -0.178. The summed E-state index contributed by atoms with van der Waals surface area (Å²) < 4.78 is 4.97. The average Bonchev–Trinajstić information content (AvgIpc) is 2.58. The number of nitrogens with one attached hydrogen (secondary N) is 1. The molecule has 0 aromatic rings. The maximum atomic E-state index is 11.5. The molecule has 1 N–H and O–H groups in total. The predicted molar refractivity (Wildman–Crippen MR) is 69.8 cm³/mol. The number of carbonyl (C=O) groups is 1. The van der Waals surface area contributed by atoms with Crippen molar-refractivity contribution in [3.63, 3.8) is 0 Å². The zero-order chi connectivity index (χ0) is 12.8. The Hall–Kier alpha value is -0.530. The molecule has 7 heteroatoms. The van der Waals surface area contributed by atoms with Gasteiger partial charge in [0.2, 0.25) is 5.50 Å². The van der Waals surface area contributed by atoms with Gasteiger partial charge < -0.3 is 26.6 Å². The highest BCUT2D eigenvalue weighted by Gasteiger charge is 2.31. The number of aliphatic imine (C=N–C) groups is 1. The Labute approximate surface area is 123 Å². The van der Waals surface area contributed by atoms with Crippen LogP contribution in [0.15, 0.2) is 16.1 Å². The smallest absolute Gasteiger partial charge is 0.362 e. The summed E-state index contributed by atoms with van der Waals surface area (Å²) in [7, 11) is 3.85. The number of quaternary nitrogens is 1. The van der Waals surface area contributed by atoms with Crippen molar-refractivity contribution in [2.75, 3.05) is 27.2 Å². The molecular formula is C11H20BrN3O2S. The van der Waals surface area contributed by atoms with Crippen LogP contribution < -0.4 is 21.9 Å². The fourth-order valence-corrected chi connectivity index (χ4v) is 2.47. The minimum absolute atomic E-state index is 0. The number of allylic oxidation sites excluding steroid dienone is 1. The van der Waals surface area contributed by atoms with Gasteiger partial charge in [-0.3, -0.25) is 4.90 Å². The van der Waals surface area contributed by atoms with Gasteiger partial charge in [-0.05, 0) is 18.7 Å². The normalized spacial score (nSPS) is 22.6. The van der Waals surface area contributed by atoms with Crippen molar-refractivity contribution >= 4 is 24.1 Å². The highest BCUT2D eigenvalue weighted by Crippen LogP contribution is 2.16. The summed E-state index contributed by atoms with van der Waals surface area (Å²) in [5.74, 6) is -0.178. The van der Waals surface area contributed by atoms with Crippen molar-refractivity contribution in [1.82, 2.24) is 4.90 Å². The van der Waals surface area contributed by atoms with Crippen molar-refractivity contribution < 1.29 is 31.4 Å². The number of nitrogens with zero attached hydrogens (tertiary/aromatic N) is 2. The SMILES string of the molecule is CCOC(=O)C[NH+]1C(C)=CSC1N=CN(C)C.[Br-]. The molecule has 5 nitrogen and oxygen atoms in total. The van der Waals surface area contributed by atoms with Gasteiger partial charge in [0.25, 0.3) is 0 Å². The van der Waals surface area contributed by atoms with Gasteiger partial charge in [-0.25, -0.2) is 9.79 Å². The van der Waals surface area contributed by atoms with Crippen molar-refractivity contribution in [3.05, 3.63) is 11.1 Å². The molecular weight excluding hydrogens is 318 g/mol. The Morgan fingerprint density at radius 3 is 2.89 bits per heavy atom. The molecule has 0 saturated heterocycles. The number of ether oxygens (including phenoxy) is 1. The van der Waals surface area contributed by atoms with E-state index in [-0.39, 0.29) is 28.4 Å². The molecule has 0 amide bonds. The lowest BCUT2D eigenvalue weighted by Crippen LogP contribution is -3.12. The molecule has 2 unspecified atom stereocenters. The van der Waals surface area contributed by atoms with Crippen LogP contribution in [0.5, 0.6) is 0 Å². The van der Waals surface area contributed by atoms with Crippen LogP contribution in [0.4, 0.5) is 0 Å². The largest absolute Gasteiger partial charge is 1.00 e. The third-order valence-electron chi connectivity index (χ3n) is 2.25. The zero-order valence-electron chi connectivity index (χ0n) is 11.1. The van der Waals surface area contributed by atoms with Gasteiger partial charge in [0.15, 0.2) is 6.54 Å². The molecule has 0 saturated carbocycles. The molecule has 104 valence electrons. The molecule has 0 spiro atoms. The number of hydrogen-bond donors (Lipinski definition) is 1. The van der Waals surface area contributed by atoms with E-state index in [1.165, 1.54) is 0 Å². The maximum absolute atomic E-state index is 11.5. The first kappa shape index (κ1) is 17.5. The number of carbonyl (C=O) groups excluding carboxylic acids is 1. The molecule has 18 heavy (non-hydrogen) atoms. The van der Waals surface area contributed by atoms with Crippen LogP contribution in [0.1, 0.15) is 13.8 Å². The second kappa shape index (κ2) is 8.55. The molecule has 1 rings (SSSR count). The van der Waals surface area contributed by atoms with Crippen molar-refractivity contribution in [2.24, 2.45) is 4.99 Å². The van der Waals surface area contributed by atoms with E-state index in [9.17, 15) is 4.79 Å². The average molecular weight is 338 g/mol. The molecule has 0 fully saturated rings. The molecule has 2 atom stereocenters. The minimum Gasteiger partial charge on any atom is -1.00 e. The number of thioether (sulfide) groups is 1. The van der Waals surface area contributed by atoms with Gasteiger partial charge in [-0.1, -0.05) is 0 Å². The lowest BCUT2D eigenvalue weighted by molar-refractivity contribution is -0.860. The number of halogens is 1. The first-order valence-corrected chi connectivity index (χ1v) is 6.52. The molecule has 0 radical (unpaired) electrons. The first-order valence-electron chi connectivity index (χ1n) is 5.58. The third-order valence-corrected chi connectivity index (χ3v) is 3.41. The van der Waals surface area contributed by atoms with Crippen molar-refractivity contribution in [2.45, 2.75) is 19.3 Å². The standard InChI is InChI=1S/C11H19N3O2S.BrH/c1-5-16-10(15)6-14-9(2)7-17-11(14)12-8-13(3)4;/h7-8,11H,5-6H2,1-4H3;1H. The van der Waals surface area contributed by atoms with Gasteiger partial charge in [0.05, 0.1) is 12.9 Å². The lowest BCUT2D eigenvalue weighted by atomic mass is 10.4. The van der Waals surface area contributed by atoms with Gasteiger partial charge in [0.1, 0.15) is 5.70 Å². The maximum Gasteiger partial charge on any atom is 0.362 e. The second-order valence-corrected chi connectivity index (χ2v) is 4.98. The number of hydrogen-bond acceptors (Lipinski definition) is 4. The molecule has 1 heterocycles. The van der Waals surface area contributed by atoms with Crippen LogP contribution >= 0.6 is 11.8 Å². The summed E-state index contributed by atoms with van der Waals surface area (Å²) in [6.07, 6.45) is 1.77. The Balaban J connectivity index is 0.00000289. The van der Waals surface area contributed by atoms with Crippen LogP contribution in [0.25, 0.3) is 0 Å². The summed E-state index contributed by atoms with van der Waals surface area (Å²) >= 11 is 1.63. The van der Waals surface area contributed by atoms with Crippen molar-refractivity contribution in [1.29, 1.82) is 0 Å². The van der Waals surface area contributed by atoms with E-state index in [4.69, 9.17) is 4.74 Å². The van der Waals surface area contributed by atoms with Crippen molar-refractivity contribution in [3.8, 4) is 0 Å². The molecule has 0 aliphatic carbocycles. The van der Waals surface area contributed by atoms with Gasteiger partial charge in [-0.15, -0.1) is 0 Å². The van der Waals surface area contributed by atoms with E-state index < -0.39 is 0 Å². The Kier molecular flexibility index (Phi) is 8.30. The first-order chi connectivity index (χ1) is 8.04. The van der Waals surface area contributed by atoms with E-state index >= 15 is 0 Å². The quantitative estimate of drug-likeness (QED) is 0.328. The lowest BCUT2D eigenvalue weighted by Gasteiger charge is -2.18. The predicted octanol–water partition coefficient (Wildman–Crippen LogP) is -3.08. The molecule has 0 aromatic heterocycles. The number of rotatable bonds is 5. The molecule has 0 bridgehead atoms. The summed E-state index contributed by atoms with van der Waals surface area (Å²) in [4.78, 5) is 18.9. The molecule has 1 aliphatic heterocycles. The van der Waals surface area contributed by atoms with E-state index in [0.29, 0.717) is 13.2 Å². The van der Waals surface area contributed by atoms with Crippen LogP contribution in [0.3, 0.4) is 0 Å². The zero-order valence-corrected chi connectivity index (χ0v) is 13.5. The van der Waals surface area contributed by atoms with Crippen LogP contribution in [0.2, 0.25) is 0 Å². The van der Waals surface area contributed by atoms with Crippen LogP contribution in [-0.2, 0) is 9.53 Å². The fraction of sp³-hybridized carbons (Fsp3) is 0.636. The number of esters is 1. The Morgan fingerprint density at radius 2 is 2.33 bits per heavy atom.